The third kappa shape index (κ3) is 4.49. The van der Waals surface area contributed by atoms with Crippen LogP contribution in [-0.2, 0) is 4.74 Å². The summed E-state index contributed by atoms with van der Waals surface area (Å²) in [5.41, 5.74) is 0.949. The molecule has 0 bridgehead atoms. The maximum absolute atomic E-state index is 12.4. The zero-order valence-corrected chi connectivity index (χ0v) is 18.8. The van der Waals surface area contributed by atoms with Gasteiger partial charge in [0, 0.05) is 0 Å². The number of rotatable bonds is 6. The molecule has 0 unspecified atom stereocenters. The van der Waals surface area contributed by atoms with Gasteiger partial charge in [-0.25, -0.2) is 9.78 Å². The molecule has 7 nitrogen and oxygen atoms in total. The van der Waals surface area contributed by atoms with Gasteiger partial charge < -0.3 is 19.2 Å². The second-order valence-corrected chi connectivity index (χ2v) is 7.36. The predicted molar refractivity (Wildman–Crippen MR) is 119 cm³/mol. The molecule has 2 aromatic carbocycles. The number of hydrogen-bond acceptors (Lipinski definition) is 6. The highest BCUT2D eigenvalue weighted by atomic mass is 79.9. The van der Waals surface area contributed by atoms with Gasteiger partial charge in [-0.3, -0.25) is 4.79 Å². The first-order valence-electron chi connectivity index (χ1n) is 8.88. The molecule has 3 rings (SSSR count). The van der Waals surface area contributed by atoms with Gasteiger partial charge in [0.1, 0.15) is 0 Å². The van der Waals surface area contributed by atoms with Crippen LogP contribution >= 0.6 is 27.5 Å². The SMILES string of the molecule is CCOc1c(Br)cc(C=C(Cl)c2nc3cc(C(=O)OC)ccc3c(=O)[nH]2)cc1OC. The molecular weight excluding hydrogens is 476 g/mol. The van der Waals surface area contributed by atoms with Crippen LogP contribution in [0.25, 0.3) is 22.0 Å². The minimum Gasteiger partial charge on any atom is -0.493 e. The van der Waals surface area contributed by atoms with Crippen molar-refractivity contribution in [1.82, 2.24) is 9.97 Å². The van der Waals surface area contributed by atoms with E-state index in [1.807, 2.05) is 13.0 Å². The lowest BCUT2D eigenvalue weighted by atomic mass is 10.1. The predicted octanol–water partition coefficient (Wildman–Crippen LogP) is 4.62. The summed E-state index contributed by atoms with van der Waals surface area (Å²) in [7, 11) is 2.83. The summed E-state index contributed by atoms with van der Waals surface area (Å²) in [6.07, 6.45) is 1.64. The molecule has 1 aromatic heterocycles. The Hall–Kier alpha value is -2.84. The molecule has 9 heteroatoms. The number of carbonyl (C=O) groups excluding carboxylic acids is 1. The average Bonchev–Trinajstić information content (AvgIpc) is 2.74. The van der Waals surface area contributed by atoms with E-state index in [-0.39, 0.29) is 22.0 Å². The number of hydrogen-bond donors (Lipinski definition) is 1. The Morgan fingerprint density at radius 3 is 2.70 bits per heavy atom. The molecule has 1 heterocycles. The number of nitrogens with one attached hydrogen (secondary N) is 1. The van der Waals surface area contributed by atoms with Crippen LogP contribution < -0.4 is 15.0 Å². The Kier molecular flexibility index (Phi) is 6.79. The lowest BCUT2D eigenvalue weighted by Crippen LogP contribution is -2.11. The Bertz CT molecular complexity index is 1210. The zero-order valence-electron chi connectivity index (χ0n) is 16.4. The van der Waals surface area contributed by atoms with Crippen LogP contribution in [-0.4, -0.2) is 36.8 Å². The Labute approximate surface area is 185 Å². The third-order valence-corrected chi connectivity index (χ3v) is 5.06. The molecule has 0 aliphatic rings. The maximum atomic E-state index is 12.4. The van der Waals surface area contributed by atoms with Gasteiger partial charge in [-0.2, -0.15) is 0 Å². The molecule has 0 fully saturated rings. The van der Waals surface area contributed by atoms with E-state index in [1.54, 1.807) is 19.3 Å². The second-order valence-electron chi connectivity index (χ2n) is 6.10. The van der Waals surface area contributed by atoms with Gasteiger partial charge in [0.05, 0.1) is 46.8 Å². The van der Waals surface area contributed by atoms with Crippen LogP contribution in [0.15, 0.2) is 39.6 Å². The molecule has 0 radical (unpaired) electrons. The van der Waals surface area contributed by atoms with Gasteiger partial charge in [0.2, 0.25) is 0 Å². The summed E-state index contributed by atoms with van der Waals surface area (Å²) in [5, 5.41) is 0.539. The topological polar surface area (TPSA) is 90.5 Å². The van der Waals surface area contributed by atoms with Crippen molar-refractivity contribution in [1.29, 1.82) is 0 Å². The molecule has 3 aromatic rings. The van der Waals surface area contributed by atoms with Crippen LogP contribution in [0, 0.1) is 0 Å². The van der Waals surface area contributed by atoms with Crippen molar-refractivity contribution < 1.29 is 19.0 Å². The standard InChI is InChI=1S/C21H18BrClN2O5/c1-4-30-18-14(22)7-11(9-17(18)28-2)8-15(23)19-24-16-10-12(21(27)29-3)5-6-13(16)20(26)25-19/h5-10H,4H2,1-3H3,(H,24,25,26). The van der Waals surface area contributed by atoms with Crippen LogP contribution in [0.4, 0.5) is 0 Å². The first-order chi connectivity index (χ1) is 14.4. The molecular formula is C21H18BrClN2O5. The summed E-state index contributed by atoms with van der Waals surface area (Å²) in [6, 6.07) is 8.08. The van der Waals surface area contributed by atoms with Gasteiger partial charge in [-0.05, 0) is 64.8 Å². The molecule has 0 atom stereocenters. The highest BCUT2D eigenvalue weighted by Gasteiger charge is 2.13. The second kappa shape index (κ2) is 9.32. The lowest BCUT2D eigenvalue weighted by Gasteiger charge is -2.12. The Balaban J connectivity index is 2.06. The fourth-order valence-corrected chi connectivity index (χ4v) is 3.61. The van der Waals surface area contributed by atoms with Crippen molar-refractivity contribution in [2.75, 3.05) is 20.8 Å². The van der Waals surface area contributed by atoms with Gasteiger partial charge in [0.25, 0.3) is 5.56 Å². The van der Waals surface area contributed by atoms with Crippen molar-refractivity contribution in [3.63, 3.8) is 0 Å². The van der Waals surface area contributed by atoms with E-state index in [9.17, 15) is 9.59 Å². The van der Waals surface area contributed by atoms with Crippen molar-refractivity contribution in [2.45, 2.75) is 6.92 Å². The number of methoxy groups -OCH3 is 2. The number of esters is 1. The maximum Gasteiger partial charge on any atom is 0.337 e. The van der Waals surface area contributed by atoms with E-state index >= 15 is 0 Å². The summed E-state index contributed by atoms with van der Waals surface area (Å²) in [4.78, 5) is 31.3. The van der Waals surface area contributed by atoms with Crippen molar-refractivity contribution in [3.05, 3.63) is 62.1 Å². The first-order valence-corrected chi connectivity index (χ1v) is 10.0. The van der Waals surface area contributed by atoms with Crippen LogP contribution in [0.3, 0.4) is 0 Å². The van der Waals surface area contributed by atoms with E-state index in [1.165, 1.54) is 25.3 Å². The van der Waals surface area contributed by atoms with Crippen LogP contribution in [0.2, 0.25) is 0 Å². The highest BCUT2D eigenvalue weighted by molar-refractivity contribution is 9.10. The van der Waals surface area contributed by atoms with E-state index in [0.29, 0.717) is 39.0 Å². The monoisotopic (exact) mass is 492 g/mol. The van der Waals surface area contributed by atoms with Crippen LogP contribution in [0.5, 0.6) is 11.5 Å². The number of benzene rings is 2. The highest BCUT2D eigenvalue weighted by Crippen LogP contribution is 2.37. The molecule has 30 heavy (non-hydrogen) atoms. The Morgan fingerprint density at radius 2 is 2.03 bits per heavy atom. The molecule has 0 aliphatic carbocycles. The van der Waals surface area contributed by atoms with Crippen molar-refractivity contribution >= 4 is 55.5 Å². The minimum absolute atomic E-state index is 0.167. The quantitative estimate of drug-likeness (QED) is 0.504. The van der Waals surface area contributed by atoms with Gasteiger partial charge in [-0.1, -0.05) is 11.6 Å². The minimum atomic E-state index is -0.520. The fourth-order valence-electron chi connectivity index (χ4n) is 2.82. The van der Waals surface area contributed by atoms with Gasteiger partial charge in [-0.15, -0.1) is 0 Å². The fraction of sp³-hybridized carbons (Fsp3) is 0.190. The van der Waals surface area contributed by atoms with Gasteiger partial charge >= 0.3 is 5.97 Å². The molecule has 1 N–H and O–H groups in total. The molecule has 156 valence electrons. The normalized spacial score (nSPS) is 11.4. The number of carbonyl (C=O) groups is 1. The number of nitrogens with zero attached hydrogens (tertiary/aromatic N) is 1. The largest absolute Gasteiger partial charge is 0.493 e. The number of aromatic amines is 1. The van der Waals surface area contributed by atoms with E-state index in [2.05, 4.69) is 25.9 Å². The average molecular weight is 494 g/mol. The molecule has 0 saturated carbocycles. The summed E-state index contributed by atoms with van der Waals surface area (Å²) < 4.78 is 16.4. The van der Waals surface area contributed by atoms with E-state index in [0.717, 1.165) is 0 Å². The molecule has 0 saturated heterocycles. The van der Waals surface area contributed by atoms with Crippen molar-refractivity contribution in [2.24, 2.45) is 0 Å². The zero-order chi connectivity index (χ0) is 21.8. The third-order valence-electron chi connectivity index (χ3n) is 4.19. The lowest BCUT2D eigenvalue weighted by molar-refractivity contribution is 0.0601. The van der Waals surface area contributed by atoms with Crippen LogP contribution in [0.1, 0.15) is 28.7 Å². The smallest absolute Gasteiger partial charge is 0.337 e. The number of fused-ring (bicyclic) bond motifs is 1. The van der Waals surface area contributed by atoms with E-state index < -0.39 is 5.97 Å². The number of H-pyrrole nitrogens is 1. The number of ether oxygens (including phenoxy) is 3. The number of aromatic nitrogens is 2. The number of halogens is 2. The molecule has 0 spiro atoms. The molecule has 0 aliphatic heterocycles. The summed E-state index contributed by atoms with van der Waals surface area (Å²) in [6.45, 7) is 2.37. The summed E-state index contributed by atoms with van der Waals surface area (Å²) >= 11 is 9.90. The van der Waals surface area contributed by atoms with E-state index in [4.69, 9.17) is 25.8 Å². The summed E-state index contributed by atoms with van der Waals surface area (Å²) in [5.74, 6) is 0.763. The van der Waals surface area contributed by atoms with Gasteiger partial charge in [0.15, 0.2) is 17.3 Å². The first kappa shape index (κ1) is 21.9. The Morgan fingerprint density at radius 1 is 1.27 bits per heavy atom. The van der Waals surface area contributed by atoms with Crippen molar-refractivity contribution in [3.8, 4) is 11.5 Å². The molecule has 0 amide bonds.